The standard InChI is InChI=1S/C18H21N3O4S/c1-9(22)25-13-4-3-11-16(13)21(17(23)19-11)18(2)20-15-10-7-8-24-12(10)5-6-14(15)26-18/h5-6,11,13,16,20H,3-4,7-8H2,1-2H3,(H,19,23)/t11-,13-,16-,18?/m0/s1. The summed E-state index contributed by atoms with van der Waals surface area (Å²) in [5.74, 6) is 0.619. The molecule has 8 heteroatoms. The molecule has 4 aliphatic rings. The van der Waals surface area contributed by atoms with Gasteiger partial charge in [-0.2, -0.15) is 0 Å². The average molecular weight is 375 g/mol. The summed E-state index contributed by atoms with van der Waals surface area (Å²) in [5.41, 5.74) is 2.24. The minimum Gasteiger partial charge on any atom is -0.493 e. The van der Waals surface area contributed by atoms with E-state index in [0.717, 1.165) is 35.6 Å². The van der Waals surface area contributed by atoms with Crippen molar-refractivity contribution in [2.75, 3.05) is 11.9 Å². The lowest BCUT2D eigenvalue weighted by Crippen LogP contribution is -2.56. The molecule has 2 fully saturated rings. The summed E-state index contributed by atoms with van der Waals surface area (Å²) in [5, 5.41) is 6.65. The maximum Gasteiger partial charge on any atom is 0.320 e. The van der Waals surface area contributed by atoms with Crippen LogP contribution in [-0.2, 0) is 16.0 Å². The van der Waals surface area contributed by atoms with Gasteiger partial charge in [-0.1, -0.05) is 11.8 Å². The molecule has 1 aromatic carbocycles. The van der Waals surface area contributed by atoms with E-state index in [9.17, 15) is 9.59 Å². The monoisotopic (exact) mass is 375 g/mol. The second-order valence-electron chi connectivity index (χ2n) is 7.37. The SMILES string of the molecule is CC(=O)O[C@H]1CC[C@@H]2NC(=O)N(C3(C)Nc4c(ccc5c4CCO5)S3)[C@@H]21. The van der Waals surface area contributed by atoms with Crippen molar-refractivity contribution in [1.29, 1.82) is 0 Å². The van der Waals surface area contributed by atoms with Gasteiger partial charge in [0.15, 0.2) is 4.99 Å². The molecule has 2 N–H and O–H groups in total. The largest absolute Gasteiger partial charge is 0.493 e. The Labute approximate surface area is 155 Å². The van der Waals surface area contributed by atoms with Crippen LogP contribution in [0, 0.1) is 0 Å². The molecule has 3 heterocycles. The third-order valence-electron chi connectivity index (χ3n) is 5.67. The molecule has 3 aliphatic heterocycles. The first-order valence-electron chi connectivity index (χ1n) is 8.99. The Bertz CT molecular complexity index is 816. The number of urea groups is 1. The van der Waals surface area contributed by atoms with E-state index in [-0.39, 0.29) is 30.2 Å². The van der Waals surface area contributed by atoms with Crippen molar-refractivity contribution in [2.45, 2.75) is 61.2 Å². The topological polar surface area (TPSA) is 79.9 Å². The molecule has 2 amide bonds. The third-order valence-corrected chi connectivity index (χ3v) is 6.92. The minimum absolute atomic E-state index is 0.0174. The van der Waals surface area contributed by atoms with Crippen LogP contribution in [-0.4, -0.2) is 46.7 Å². The van der Waals surface area contributed by atoms with Crippen LogP contribution in [0.1, 0.15) is 32.3 Å². The van der Waals surface area contributed by atoms with E-state index in [1.165, 1.54) is 12.5 Å². The van der Waals surface area contributed by atoms with Gasteiger partial charge in [-0.3, -0.25) is 9.69 Å². The van der Waals surface area contributed by atoms with Crippen molar-refractivity contribution in [3.05, 3.63) is 17.7 Å². The van der Waals surface area contributed by atoms with Crippen molar-refractivity contribution in [3.63, 3.8) is 0 Å². The minimum atomic E-state index is -0.633. The second-order valence-corrected chi connectivity index (χ2v) is 8.80. The van der Waals surface area contributed by atoms with E-state index in [1.807, 2.05) is 24.0 Å². The van der Waals surface area contributed by atoms with E-state index >= 15 is 0 Å². The Morgan fingerprint density at radius 3 is 3.08 bits per heavy atom. The Morgan fingerprint density at radius 1 is 1.42 bits per heavy atom. The predicted molar refractivity (Wildman–Crippen MR) is 96.3 cm³/mol. The molecule has 4 atom stereocenters. The summed E-state index contributed by atoms with van der Waals surface area (Å²) in [7, 11) is 0. The van der Waals surface area contributed by atoms with E-state index in [0.29, 0.717) is 6.61 Å². The number of rotatable bonds is 2. The maximum absolute atomic E-state index is 12.8. The van der Waals surface area contributed by atoms with Crippen LogP contribution in [0.4, 0.5) is 10.5 Å². The van der Waals surface area contributed by atoms with E-state index < -0.39 is 4.99 Å². The molecule has 138 valence electrons. The molecule has 1 unspecified atom stereocenters. The fraction of sp³-hybridized carbons (Fsp3) is 0.556. The molecule has 1 aliphatic carbocycles. The van der Waals surface area contributed by atoms with Gasteiger partial charge in [0.25, 0.3) is 0 Å². The van der Waals surface area contributed by atoms with Crippen molar-refractivity contribution in [3.8, 4) is 5.75 Å². The highest BCUT2D eigenvalue weighted by molar-refractivity contribution is 8.01. The molecule has 7 nitrogen and oxygen atoms in total. The highest BCUT2D eigenvalue weighted by Gasteiger charge is 2.57. The molecule has 26 heavy (non-hydrogen) atoms. The molecule has 0 aromatic heterocycles. The first-order valence-corrected chi connectivity index (χ1v) is 9.81. The zero-order chi connectivity index (χ0) is 18.1. The number of fused-ring (bicyclic) bond motifs is 4. The van der Waals surface area contributed by atoms with Crippen LogP contribution in [0.5, 0.6) is 5.75 Å². The molecule has 0 spiro atoms. The van der Waals surface area contributed by atoms with Gasteiger partial charge in [0.1, 0.15) is 11.9 Å². The summed E-state index contributed by atoms with van der Waals surface area (Å²) in [6, 6.07) is 3.80. The number of ether oxygens (including phenoxy) is 2. The third kappa shape index (κ3) is 2.21. The van der Waals surface area contributed by atoms with Gasteiger partial charge in [0.2, 0.25) is 0 Å². The molecular weight excluding hydrogens is 354 g/mol. The lowest BCUT2D eigenvalue weighted by Gasteiger charge is -2.39. The van der Waals surface area contributed by atoms with Crippen LogP contribution in [0.25, 0.3) is 0 Å². The number of amides is 2. The lowest BCUT2D eigenvalue weighted by atomic mass is 10.1. The number of esters is 1. The average Bonchev–Trinajstić information content (AvgIpc) is 3.29. The van der Waals surface area contributed by atoms with Gasteiger partial charge < -0.3 is 20.1 Å². The van der Waals surface area contributed by atoms with Gasteiger partial charge in [0, 0.05) is 23.8 Å². The Morgan fingerprint density at radius 2 is 2.27 bits per heavy atom. The van der Waals surface area contributed by atoms with Crippen LogP contribution >= 0.6 is 11.8 Å². The lowest BCUT2D eigenvalue weighted by molar-refractivity contribution is -0.148. The molecular formula is C18H21N3O4S. The Kier molecular flexibility index (Phi) is 3.38. The van der Waals surface area contributed by atoms with Crippen molar-refractivity contribution < 1.29 is 19.1 Å². The fourth-order valence-electron chi connectivity index (χ4n) is 4.69. The summed E-state index contributed by atoms with van der Waals surface area (Å²) in [4.78, 5) is 26.6. The van der Waals surface area contributed by atoms with Gasteiger partial charge in [-0.05, 0) is 31.9 Å². The molecule has 1 saturated heterocycles. The molecule has 1 saturated carbocycles. The highest BCUT2D eigenvalue weighted by atomic mass is 32.2. The summed E-state index contributed by atoms with van der Waals surface area (Å²) in [6.45, 7) is 4.13. The van der Waals surface area contributed by atoms with Crippen LogP contribution in [0.15, 0.2) is 17.0 Å². The first-order chi connectivity index (χ1) is 12.5. The fourth-order valence-corrected chi connectivity index (χ4v) is 5.99. The number of thioether (sulfide) groups is 1. The van der Waals surface area contributed by atoms with Gasteiger partial charge in [-0.25, -0.2) is 4.79 Å². The Hall–Kier alpha value is -2.09. The van der Waals surface area contributed by atoms with Crippen molar-refractivity contribution >= 4 is 29.4 Å². The van der Waals surface area contributed by atoms with Gasteiger partial charge in [-0.15, -0.1) is 0 Å². The van der Waals surface area contributed by atoms with Crippen LogP contribution < -0.4 is 15.4 Å². The zero-order valence-electron chi connectivity index (χ0n) is 14.7. The normalized spacial score (nSPS) is 33.8. The summed E-state index contributed by atoms with van der Waals surface area (Å²) in [6.07, 6.45) is 2.19. The van der Waals surface area contributed by atoms with E-state index in [4.69, 9.17) is 9.47 Å². The smallest absolute Gasteiger partial charge is 0.320 e. The summed E-state index contributed by atoms with van der Waals surface area (Å²) >= 11 is 1.63. The maximum atomic E-state index is 12.8. The van der Waals surface area contributed by atoms with Crippen molar-refractivity contribution in [1.82, 2.24) is 10.2 Å². The summed E-state index contributed by atoms with van der Waals surface area (Å²) < 4.78 is 11.2. The van der Waals surface area contributed by atoms with Gasteiger partial charge >= 0.3 is 12.0 Å². The molecule has 1 aromatic rings. The molecule has 0 radical (unpaired) electrons. The van der Waals surface area contributed by atoms with Crippen LogP contribution in [0.3, 0.4) is 0 Å². The number of carbonyl (C=O) groups excluding carboxylic acids is 2. The first kappa shape index (κ1) is 16.1. The van der Waals surface area contributed by atoms with Crippen molar-refractivity contribution in [2.24, 2.45) is 0 Å². The molecule has 5 rings (SSSR count). The van der Waals surface area contributed by atoms with Gasteiger partial charge in [0.05, 0.1) is 24.4 Å². The number of hydrogen-bond donors (Lipinski definition) is 2. The number of nitrogens with one attached hydrogen (secondary N) is 2. The van der Waals surface area contributed by atoms with E-state index in [1.54, 1.807) is 11.8 Å². The number of benzene rings is 1. The van der Waals surface area contributed by atoms with E-state index in [2.05, 4.69) is 10.6 Å². The number of hydrogen-bond acceptors (Lipinski definition) is 6. The second kappa shape index (κ2) is 5.45. The quantitative estimate of drug-likeness (QED) is 0.772. The number of carbonyl (C=O) groups is 2. The number of nitrogens with zero attached hydrogens (tertiary/aromatic N) is 1. The van der Waals surface area contributed by atoms with Crippen LogP contribution in [0.2, 0.25) is 0 Å². The predicted octanol–water partition coefficient (Wildman–Crippen LogP) is 2.30. The zero-order valence-corrected chi connectivity index (χ0v) is 15.5. The Balaban J connectivity index is 1.48. The highest BCUT2D eigenvalue weighted by Crippen LogP contribution is 2.53. The number of anilines is 1. The molecule has 0 bridgehead atoms.